The maximum atomic E-state index is 13.1. The van der Waals surface area contributed by atoms with Gasteiger partial charge in [0.05, 0.1) is 5.56 Å². The van der Waals surface area contributed by atoms with Gasteiger partial charge >= 0.3 is 0 Å². The van der Waals surface area contributed by atoms with Crippen molar-refractivity contribution in [1.82, 2.24) is 0 Å². The Hall–Kier alpha value is -1.68. The molecule has 0 saturated carbocycles. The molecule has 1 atom stereocenters. The minimum atomic E-state index is -0.358. The number of para-hydroxylation sites is 1. The zero-order chi connectivity index (χ0) is 14.3. The summed E-state index contributed by atoms with van der Waals surface area (Å²) in [6, 6.07) is 12.2. The molecule has 0 spiro atoms. The normalized spacial score (nSPS) is 17.1. The lowest BCUT2D eigenvalue weighted by atomic mass is 10.1. The zero-order valence-electron chi connectivity index (χ0n) is 10.9. The molecule has 0 bridgehead atoms. The SMILES string of the molecule is CC1Cc2ccccc2N1C(=O)c1ccc(F)cc1Br. The summed E-state index contributed by atoms with van der Waals surface area (Å²) in [6.07, 6.45) is 0.848. The van der Waals surface area contributed by atoms with Crippen molar-refractivity contribution in [2.75, 3.05) is 4.90 Å². The lowest BCUT2D eigenvalue weighted by Crippen LogP contribution is -2.35. The van der Waals surface area contributed by atoms with Crippen LogP contribution in [0.3, 0.4) is 0 Å². The second kappa shape index (κ2) is 5.02. The van der Waals surface area contributed by atoms with Gasteiger partial charge in [0.25, 0.3) is 5.91 Å². The molecule has 20 heavy (non-hydrogen) atoms. The minimum absolute atomic E-state index is 0.102. The molecule has 102 valence electrons. The summed E-state index contributed by atoms with van der Waals surface area (Å²) in [5.74, 6) is -0.461. The van der Waals surface area contributed by atoms with Gasteiger partial charge in [-0.2, -0.15) is 0 Å². The van der Waals surface area contributed by atoms with Crippen molar-refractivity contribution in [1.29, 1.82) is 0 Å². The molecule has 0 aromatic heterocycles. The van der Waals surface area contributed by atoms with E-state index >= 15 is 0 Å². The fourth-order valence-corrected chi connectivity index (χ4v) is 3.19. The summed E-state index contributed by atoms with van der Waals surface area (Å²) in [5, 5.41) is 0. The topological polar surface area (TPSA) is 20.3 Å². The molecule has 0 radical (unpaired) electrons. The first-order valence-corrected chi connectivity index (χ1v) is 7.24. The highest BCUT2D eigenvalue weighted by Gasteiger charge is 2.31. The van der Waals surface area contributed by atoms with Crippen molar-refractivity contribution in [2.24, 2.45) is 0 Å². The number of carbonyl (C=O) groups excluding carboxylic acids is 1. The summed E-state index contributed by atoms with van der Waals surface area (Å²) in [4.78, 5) is 14.5. The first-order valence-electron chi connectivity index (χ1n) is 6.44. The Bertz CT molecular complexity index is 686. The van der Waals surface area contributed by atoms with E-state index in [4.69, 9.17) is 0 Å². The standard InChI is InChI=1S/C16H13BrFNO/c1-10-8-11-4-2-3-5-15(11)19(10)16(20)13-7-6-12(18)9-14(13)17/h2-7,9-10H,8H2,1H3. The van der Waals surface area contributed by atoms with Crippen LogP contribution in [-0.2, 0) is 6.42 Å². The van der Waals surface area contributed by atoms with Gasteiger partial charge in [-0.3, -0.25) is 4.79 Å². The number of carbonyl (C=O) groups is 1. The van der Waals surface area contributed by atoms with Crippen molar-refractivity contribution in [3.63, 3.8) is 0 Å². The number of halogens is 2. The second-order valence-electron chi connectivity index (χ2n) is 4.98. The van der Waals surface area contributed by atoms with Crippen LogP contribution in [0.1, 0.15) is 22.8 Å². The molecule has 2 aromatic rings. The van der Waals surface area contributed by atoms with Crippen molar-refractivity contribution >= 4 is 27.5 Å². The molecule has 3 rings (SSSR count). The van der Waals surface area contributed by atoms with Crippen LogP contribution in [0.2, 0.25) is 0 Å². The Morgan fingerprint density at radius 2 is 2.05 bits per heavy atom. The van der Waals surface area contributed by atoms with Gasteiger partial charge in [-0.1, -0.05) is 18.2 Å². The van der Waals surface area contributed by atoms with Crippen molar-refractivity contribution in [3.05, 3.63) is 63.9 Å². The smallest absolute Gasteiger partial charge is 0.259 e. The quantitative estimate of drug-likeness (QED) is 0.766. The third kappa shape index (κ3) is 2.14. The highest BCUT2D eigenvalue weighted by molar-refractivity contribution is 9.10. The molecule has 0 N–H and O–H groups in total. The Balaban J connectivity index is 2.03. The van der Waals surface area contributed by atoms with Crippen LogP contribution >= 0.6 is 15.9 Å². The van der Waals surface area contributed by atoms with E-state index < -0.39 is 0 Å². The van der Waals surface area contributed by atoms with Gasteiger partial charge in [0, 0.05) is 16.2 Å². The van der Waals surface area contributed by atoms with Crippen LogP contribution in [0.15, 0.2) is 46.9 Å². The summed E-state index contributed by atoms with van der Waals surface area (Å²) in [5.41, 5.74) is 2.60. The first kappa shape index (κ1) is 13.3. The fourth-order valence-electron chi connectivity index (χ4n) is 2.67. The molecule has 0 fully saturated rings. The monoisotopic (exact) mass is 333 g/mol. The molecule has 1 aliphatic rings. The predicted octanol–water partition coefficient (Wildman–Crippen LogP) is 4.18. The predicted molar refractivity (Wildman–Crippen MR) is 80.5 cm³/mol. The number of nitrogens with zero attached hydrogens (tertiary/aromatic N) is 1. The molecular weight excluding hydrogens is 321 g/mol. The molecule has 0 aliphatic carbocycles. The second-order valence-corrected chi connectivity index (χ2v) is 5.84. The average Bonchev–Trinajstić information content (AvgIpc) is 2.73. The summed E-state index contributed by atoms with van der Waals surface area (Å²) < 4.78 is 13.6. The van der Waals surface area contributed by atoms with Crippen molar-refractivity contribution < 1.29 is 9.18 Å². The highest BCUT2D eigenvalue weighted by Crippen LogP contribution is 2.34. The van der Waals surface area contributed by atoms with Crippen LogP contribution in [0.4, 0.5) is 10.1 Å². The average molecular weight is 334 g/mol. The molecule has 1 aliphatic heterocycles. The highest BCUT2D eigenvalue weighted by atomic mass is 79.9. The van der Waals surface area contributed by atoms with Gasteiger partial charge in [0.2, 0.25) is 0 Å². The molecule has 2 aromatic carbocycles. The first-order chi connectivity index (χ1) is 9.58. The minimum Gasteiger partial charge on any atom is -0.305 e. The van der Waals surface area contributed by atoms with Crippen molar-refractivity contribution in [3.8, 4) is 0 Å². The van der Waals surface area contributed by atoms with Gasteiger partial charge in [-0.15, -0.1) is 0 Å². The van der Waals surface area contributed by atoms with Crippen LogP contribution in [0.5, 0.6) is 0 Å². The summed E-state index contributed by atoms with van der Waals surface area (Å²) in [7, 11) is 0. The molecule has 1 heterocycles. The molecule has 0 saturated heterocycles. The van der Waals surface area contributed by atoms with Gasteiger partial charge in [-0.05, 0) is 59.1 Å². The Morgan fingerprint density at radius 1 is 1.30 bits per heavy atom. The molecular formula is C16H13BrFNO. The Kier molecular flexibility index (Phi) is 3.34. The van der Waals surface area contributed by atoms with E-state index in [0.29, 0.717) is 10.0 Å². The Morgan fingerprint density at radius 3 is 2.80 bits per heavy atom. The van der Waals surface area contributed by atoms with Crippen molar-refractivity contribution in [2.45, 2.75) is 19.4 Å². The largest absolute Gasteiger partial charge is 0.305 e. The van der Waals surface area contributed by atoms with Crippen LogP contribution in [0, 0.1) is 5.82 Å². The third-order valence-electron chi connectivity index (χ3n) is 3.59. The van der Waals surface area contributed by atoms with E-state index in [0.717, 1.165) is 12.1 Å². The molecule has 2 nitrogen and oxygen atoms in total. The fraction of sp³-hybridized carbons (Fsp3) is 0.188. The molecule has 4 heteroatoms. The van der Waals surface area contributed by atoms with E-state index in [-0.39, 0.29) is 17.8 Å². The van der Waals surface area contributed by atoms with Gasteiger partial charge in [0.15, 0.2) is 0 Å². The lowest BCUT2D eigenvalue weighted by Gasteiger charge is -2.23. The third-order valence-corrected chi connectivity index (χ3v) is 4.24. The summed E-state index contributed by atoms with van der Waals surface area (Å²) in [6.45, 7) is 2.02. The Labute approximate surface area is 125 Å². The number of amides is 1. The van der Waals surface area contributed by atoms with E-state index in [1.54, 1.807) is 4.90 Å². The number of fused-ring (bicyclic) bond motifs is 1. The summed E-state index contributed by atoms with van der Waals surface area (Å²) >= 11 is 3.27. The zero-order valence-corrected chi connectivity index (χ0v) is 12.5. The maximum Gasteiger partial charge on any atom is 0.259 e. The number of anilines is 1. The van der Waals surface area contributed by atoms with Gasteiger partial charge in [0.1, 0.15) is 5.82 Å². The lowest BCUT2D eigenvalue weighted by molar-refractivity contribution is 0.0980. The van der Waals surface area contributed by atoms with Crippen LogP contribution < -0.4 is 4.90 Å². The van der Waals surface area contributed by atoms with Crippen LogP contribution in [-0.4, -0.2) is 11.9 Å². The van der Waals surface area contributed by atoms with E-state index in [1.807, 2.05) is 31.2 Å². The molecule has 1 amide bonds. The molecule has 1 unspecified atom stereocenters. The van der Waals surface area contributed by atoms with E-state index in [9.17, 15) is 9.18 Å². The number of benzene rings is 2. The van der Waals surface area contributed by atoms with Gasteiger partial charge in [-0.25, -0.2) is 4.39 Å². The number of hydrogen-bond acceptors (Lipinski definition) is 1. The maximum absolute atomic E-state index is 13.1. The number of rotatable bonds is 1. The van der Waals surface area contributed by atoms with E-state index in [1.165, 1.54) is 23.8 Å². The number of hydrogen-bond donors (Lipinski definition) is 0. The van der Waals surface area contributed by atoms with E-state index in [2.05, 4.69) is 15.9 Å². The van der Waals surface area contributed by atoms with Gasteiger partial charge < -0.3 is 4.90 Å². The van der Waals surface area contributed by atoms with Crippen LogP contribution in [0.25, 0.3) is 0 Å².